The number of fused-ring (bicyclic) bond motifs is 1. The van der Waals surface area contributed by atoms with Gasteiger partial charge in [-0.2, -0.15) is 0 Å². The molecule has 0 saturated heterocycles. The van der Waals surface area contributed by atoms with Crippen LogP contribution in [0.5, 0.6) is 5.75 Å². The Labute approximate surface area is 168 Å². The largest absolute Gasteiger partial charge is 0.486 e. The molecule has 1 N–H and O–H groups in total. The monoisotopic (exact) mass is 393 g/mol. The predicted octanol–water partition coefficient (Wildman–Crippen LogP) is 4.15. The van der Waals surface area contributed by atoms with Crippen LogP contribution in [0.2, 0.25) is 5.02 Å². The molecule has 6 heteroatoms. The van der Waals surface area contributed by atoms with Crippen molar-refractivity contribution in [1.82, 2.24) is 15.3 Å². The molecule has 5 nitrogen and oxygen atoms in total. The van der Waals surface area contributed by atoms with Gasteiger partial charge in [0.1, 0.15) is 11.9 Å². The van der Waals surface area contributed by atoms with Gasteiger partial charge in [0.05, 0.1) is 23.5 Å². The summed E-state index contributed by atoms with van der Waals surface area (Å²) in [5.41, 5.74) is 5.39. The molecule has 1 amide bonds. The molecule has 0 radical (unpaired) electrons. The molecular formula is C22H20ClN3O2. The van der Waals surface area contributed by atoms with E-state index < -0.39 is 0 Å². The van der Waals surface area contributed by atoms with E-state index in [1.807, 2.05) is 44.2 Å². The molecule has 0 saturated carbocycles. The van der Waals surface area contributed by atoms with Crippen LogP contribution < -0.4 is 10.1 Å². The Morgan fingerprint density at radius 3 is 2.89 bits per heavy atom. The zero-order valence-electron chi connectivity index (χ0n) is 15.7. The number of hydrogen-bond donors (Lipinski definition) is 1. The molecule has 0 fully saturated rings. The molecule has 1 aliphatic heterocycles. The normalized spacial score (nSPS) is 15.0. The fourth-order valence-corrected chi connectivity index (χ4v) is 3.66. The van der Waals surface area contributed by atoms with E-state index >= 15 is 0 Å². The summed E-state index contributed by atoms with van der Waals surface area (Å²) in [4.78, 5) is 21.0. The van der Waals surface area contributed by atoms with Gasteiger partial charge < -0.3 is 10.1 Å². The van der Waals surface area contributed by atoms with Crippen molar-refractivity contribution in [2.75, 3.05) is 6.54 Å². The Morgan fingerprint density at radius 2 is 2.11 bits per heavy atom. The number of hydrogen-bond acceptors (Lipinski definition) is 4. The summed E-state index contributed by atoms with van der Waals surface area (Å²) in [7, 11) is 0. The molecule has 1 atom stereocenters. The number of benzene rings is 2. The molecule has 2 aromatic carbocycles. The first kappa shape index (κ1) is 18.4. The molecule has 3 aromatic rings. The molecular weight excluding hydrogens is 374 g/mol. The number of ether oxygens (including phenoxy) is 1. The van der Waals surface area contributed by atoms with E-state index in [1.165, 1.54) is 0 Å². The van der Waals surface area contributed by atoms with E-state index in [9.17, 15) is 4.79 Å². The molecule has 0 spiro atoms. The molecule has 4 rings (SSSR count). The number of nitrogens with zero attached hydrogens (tertiary/aromatic N) is 2. The molecule has 28 heavy (non-hydrogen) atoms. The summed E-state index contributed by atoms with van der Waals surface area (Å²) in [5, 5.41) is 3.52. The molecule has 1 aliphatic rings. The average Bonchev–Trinajstić information content (AvgIpc) is 3.12. The lowest BCUT2D eigenvalue weighted by Gasteiger charge is -2.13. The highest BCUT2D eigenvalue weighted by Crippen LogP contribution is 2.39. The topological polar surface area (TPSA) is 64.1 Å². The van der Waals surface area contributed by atoms with Crippen LogP contribution in [0.25, 0.3) is 11.3 Å². The minimum Gasteiger partial charge on any atom is -0.486 e. The van der Waals surface area contributed by atoms with Crippen LogP contribution in [0.3, 0.4) is 0 Å². The van der Waals surface area contributed by atoms with Gasteiger partial charge in [0, 0.05) is 35.5 Å². The van der Waals surface area contributed by atoms with Gasteiger partial charge in [-0.15, -0.1) is 0 Å². The van der Waals surface area contributed by atoms with Crippen molar-refractivity contribution in [3.05, 3.63) is 76.2 Å². The Kier molecular flexibility index (Phi) is 5.01. The van der Waals surface area contributed by atoms with Gasteiger partial charge in [0.15, 0.2) is 0 Å². The molecule has 2 heterocycles. The smallest absolute Gasteiger partial charge is 0.251 e. The first-order chi connectivity index (χ1) is 13.5. The van der Waals surface area contributed by atoms with Crippen molar-refractivity contribution in [2.45, 2.75) is 26.4 Å². The number of carbonyl (C=O) groups excluding carboxylic acids is 1. The van der Waals surface area contributed by atoms with Crippen LogP contribution in [-0.2, 0) is 6.42 Å². The van der Waals surface area contributed by atoms with Gasteiger partial charge in [-0.25, -0.2) is 0 Å². The van der Waals surface area contributed by atoms with E-state index in [4.69, 9.17) is 16.3 Å². The number of aromatic nitrogens is 2. The zero-order valence-corrected chi connectivity index (χ0v) is 16.5. The first-order valence-corrected chi connectivity index (χ1v) is 9.50. The minimum atomic E-state index is -0.154. The number of nitrogens with one attached hydrogen (secondary N) is 1. The van der Waals surface area contributed by atoms with Gasteiger partial charge >= 0.3 is 0 Å². The van der Waals surface area contributed by atoms with Crippen molar-refractivity contribution in [2.24, 2.45) is 0 Å². The lowest BCUT2D eigenvalue weighted by Crippen LogP contribution is -2.34. The predicted molar refractivity (Wildman–Crippen MR) is 109 cm³/mol. The van der Waals surface area contributed by atoms with Gasteiger partial charge in [-0.05, 0) is 37.6 Å². The van der Waals surface area contributed by atoms with Gasteiger partial charge in [0.25, 0.3) is 5.91 Å². The van der Waals surface area contributed by atoms with E-state index in [2.05, 4.69) is 15.3 Å². The third-order valence-corrected chi connectivity index (χ3v) is 5.12. The van der Waals surface area contributed by atoms with E-state index in [1.54, 1.807) is 18.6 Å². The molecule has 142 valence electrons. The summed E-state index contributed by atoms with van der Waals surface area (Å²) in [6, 6.07) is 9.72. The van der Waals surface area contributed by atoms with Crippen molar-refractivity contribution >= 4 is 17.5 Å². The first-order valence-electron chi connectivity index (χ1n) is 9.12. The summed E-state index contributed by atoms with van der Waals surface area (Å²) in [6.45, 7) is 4.32. The van der Waals surface area contributed by atoms with E-state index in [-0.39, 0.29) is 12.0 Å². The maximum atomic E-state index is 12.5. The summed E-state index contributed by atoms with van der Waals surface area (Å²) >= 11 is 6.43. The van der Waals surface area contributed by atoms with E-state index in [0.29, 0.717) is 29.3 Å². The van der Waals surface area contributed by atoms with Crippen LogP contribution in [0.1, 0.15) is 27.0 Å². The highest BCUT2D eigenvalue weighted by Gasteiger charge is 2.27. The van der Waals surface area contributed by atoms with E-state index in [0.717, 1.165) is 27.9 Å². The molecule has 0 aliphatic carbocycles. The number of rotatable bonds is 4. The zero-order chi connectivity index (χ0) is 19.7. The molecule has 1 unspecified atom stereocenters. The maximum absolute atomic E-state index is 12.5. The van der Waals surface area contributed by atoms with Crippen molar-refractivity contribution < 1.29 is 9.53 Å². The van der Waals surface area contributed by atoms with Crippen LogP contribution in [0.15, 0.2) is 48.9 Å². The Bertz CT molecular complexity index is 1040. The number of aryl methyl sites for hydroxylation is 2. The second-order valence-electron chi connectivity index (χ2n) is 7.01. The fourth-order valence-electron chi connectivity index (χ4n) is 3.38. The van der Waals surface area contributed by atoms with Crippen LogP contribution >= 0.6 is 11.6 Å². The molecule has 1 aromatic heterocycles. The summed E-state index contributed by atoms with van der Waals surface area (Å²) in [5.74, 6) is 0.590. The Balaban J connectivity index is 1.46. The summed E-state index contributed by atoms with van der Waals surface area (Å²) < 4.78 is 5.99. The van der Waals surface area contributed by atoms with Crippen molar-refractivity contribution in [3.63, 3.8) is 0 Å². The minimum absolute atomic E-state index is 0.0906. The van der Waals surface area contributed by atoms with Gasteiger partial charge in [-0.1, -0.05) is 29.3 Å². The second kappa shape index (κ2) is 7.60. The number of amides is 1. The van der Waals surface area contributed by atoms with Crippen LogP contribution in [0, 0.1) is 13.8 Å². The standard InChI is InChI=1S/C22H20ClN3O2/c1-13-3-4-14(2)18(7-13)22(27)26-11-17-9-16-8-15(10-19(23)21(16)28-17)20-12-24-5-6-25-20/h3-8,10,12,17H,9,11H2,1-2H3,(H,26,27). The second-order valence-corrected chi connectivity index (χ2v) is 7.42. The highest BCUT2D eigenvalue weighted by atomic mass is 35.5. The van der Waals surface area contributed by atoms with Gasteiger partial charge in [0.2, 0.25) is 0 Å². The Hall–Kier alpha value is -2.92. The Morgan fingerprint density at radius 1 is 1.25 bits per heavy atom. The maximum Gasteiger partial charge on any atom is 0.251 e. The quantitative estimate of drug-likeness (QED) is 0.723. The van der Waals surface area contributed by atoms with Crippen LogP contribution in [0.4, 0.5) is 0 Å². The average molecular weight is 394 g/mol. The lowest BCUT2D eigenvalue weighted by atomic mass is 10.0. The fraction of sp³-hybridized carbons (Fsp3) is 0.227. The number of carbonyl (C=O) groups is 1. The van der Waals surface area contributed by atoms with Crippen molar-refractivity contribution in [1.29, 1.82) is 0 Å². The van der Waals surface area contributed by atoms with Gasteiger partial charge in [-0.3, -0.25) is 14.8 Å². The van der Waals surface area contributed by atoms with Crippen LogP contribution in [-0.4, -0.2) is 28.5 Å². The third-order valence-electron chi connectivity index (χ3n) is 4.84. The van der Waals surface area contributed by atoms with Crippen molar-refractivity contribution in [3.8, 4) is 17.0 Å². The SMILES string of the molecule is Cc1ccc(C)c(C(=O)NCC2Cc3cc(-c4cnccn4)cc(Cl)c3O2)c1. The number of halogens is 1. The lowest BCUT2D eigenvalue weighted by molar-refractivity contribution is 0.0933. The third kappa shape index (κ3) is 3.71. The highest BCUT2D eigenvalue weighted by molar-refractivity contribution is 6.32. The summed E-state index contributed by atoms with van der Waals surface area (Å²) in [6.07, 6.45) is 5.51. The molecule has 0 bridgehead atoms.